The lowest BCUT2D eigenvalue weighted by atomic mass is 10.1. The molecule has 2 aromatic carbocycles. The lowest BCUT2D eigenvalue weighted by Crippen LogP contribution is -2.22. The van der Waals surface area contributed by atoms with E-state index >= 15 is 0 Å². The van der Waals surface area contributed by atoms with Gasteiger partial charge >= 0.3 is 5.97 Å². The van der Waals surface area contributed by atoms with E-state index in [0.29, 0.717) is 26.5 Å². The van der Waals surface area contributed by atoms with Crippen LogP contribution in [0, 0.1) is 0 Å². The number of hydrogen-bond donors (Lipinski definition) is 1. The van der Waals surface area contributed by atoms with Crippen LogP contribution in [-0.2, 0) is 14.5 Å². The Kier molecular flexibility index (Phi) is 8.38. The van der Waals surface area contributed by atoms with Crippen molar-refractivity contribution in [1.29, 1.82) is 0 Å². The molecule has 0 atom stereocenters. The van der Waals surface area contributed by atoms with Crippen LogP contribution in [0.2, 0.25) is 15.1 Å². The molecule has 0 aromatic heterocycles. The van der Waals surface area contributed by atoms with Crippen molar-refractivity contribution < 1.29 is 19.2 Å². The number of halogens is 3. The van der Waals surface area contributed by atoms with Crippen molar-refractivity contribution >= 4 is 52.3 Å². The van der Waals surface area contributed by atoms with Gasteiger partial charge in [-0.05, 0) is 42.8 Å². The minimum atomic E-state index is -0.778. The van der Waals surface area contributed by atoms with E-state index in [1.807, 2.05) is 0 Å². The topological polar surface area (TPSA) is 95.5 Å². The zero-order chi connectivity index (χ0) is 20.5. The SMILES string of the molecule is CC(=NOCC(=O)O/N=C(\N)COc1ccc(Cl)cc1Cl)c1ccc(Cl)cc1. The third-order valence-corrected chi connectivity index (χ3v) is 3.96. The number of amidine groups is 1. The maximum Gasteiger partial charge on any atom is 0.374 e. The second-order valence-corrected chi connectivity index (χ2v) is 6.65. The number of oxime groups is 2. The normalized spacial score (nSPS) is 11.9. The van der Waals surface area contributed by atoms with Gasteiger partial charge in [0.05, 0.1) is 10.7 Å². The molecule has 2 aromatic rings. The summed E-state index contributed by atoms with van der Waals surface area (Å²) in [4.78, 5) is 21.2. The average Bonchev–Trinajstić information content (AvgIpc) is 2.66. The minimum absolute atomic E-state index is 0.0692. The summed E-state index contributed by atoms with van der Waals surface area (Å²) < 4.78 is 5.36. The van der Waals surface area contributed by atoms with E-state index in [1.165, 1.54) is 6.07 Å². The first-order chi connectivity index (χ1) is 13.3. The summed E-state index contributed by atoms with van der Waals surface area (Å²) in [6, 6.07) is 11.7. The number of rotatable bonds is 8. The fraction of sp³-hybridized carbons (Fsp3) is 0.167. The van der Waals surface area contributed by atoms with Gasteiger partial charge in [0.1, 0.15) is 12.4 Å². The highest BCUT2D eigenvalue weighted by atomic mass is 35.5. The Morgan fingerprint density at radius 3 is 2.36 bits per heavy atom. The summed E-state index contributed by atoms with van der Waals surface area (Å²) in [5, 5.41) is 8.69. The van der Waals surface area contributed by atoms with E-state index in [-0.39, 0.29) is 12.4 Å². The predicted octanol–water partition coefficient (Wildman–Crippen LogP) is 4.28. The largest absolute Gasteiger partial charge is 0.484 e. The molecule has 2 rings (SSSR count). The molecule has 148 valence electrons. The summed E-state index contributed by atoms with van der Waals surface area (Å²) in [5.74, 6) is -0.480. The molecule has 0 aliphatic heterocycles. The van der Waals surface area contributed by atoms with Gasteiger partial charge in [0.2, 0.25) is 6.61 Å². The van der Waals surface area contributed by atoms with Crippen LogP contribution in [0.25, 0.3) is 0 Å². The molecule has 0 fully saturated rings. The number of hydrogen-bond acceptors (Lipinski definition) is 6. The molecular weight excluding hydrogens is 429 g/mol. The van der Waals surface area contributed by atoms with Crippen LogP contribution >= 0.6 is 34.8 Å². The van der Waals surface area contributed by atoms with E-state index in [1.54, 1.807) is 43.3 Å². The van der Waals surface area contributed by atoms with Gasteiger partial charge in [-0.15, -0.1) is 0 Å². The van der Waals surface area contributed by atoms with Crippen LogP contribution in [0.15, 0.2) is 52.8 Å². The summed E-state index contributed by atoms with van der Waals surface area (Å²) in [6.07, 6.45) is 0. The molecule has 0 saturated heterocycles. The number of carbonyl (C=O) groups excluding carboxylic acids is 1. The molecule has 28 heavy (non-hydrogen) atoms. The molecule has 0 heterocycles. The zero-order valence-corrected chi connectivity index (χ0v) is 17.0. The van der Waals surface area contributed by atoms with Crippen LogP contribution in [-0.4, -0.2) is 30.7 Å². The highest BCUT2D eigenvalue weighted by molar-refractivity contribution is 6.35. The van der Waals surface area contributed by atoms with Gasteiger partial charge < -0.3 is 20.1 Å². The maximum absolute atomic E-state index is 11.6. The van der Waals surface area contributed by atoms with Gasteiger partial charge in [-0.25, -0.2) is 4.79 Å². The van der Waals surface area contributed by atoms with Crippen LogP contribution in [0.1, 0.15) is 12.5 Å². The summed E-state index contributed by atoms with van der Waals surface area (Å²) in [5.41, 5.74) is 6.99. The van der Waals surface area contributed by atoms with E-state index in [9.17, 15) is 4.79 Å². The molecule has 0 aliphatic rings. The molecule has 0 bridgehead atoms. The first kappa shape index (κ1) is 21.8. The highest BCUT2D eigenvalue weighted by Crippen LogP contribution is 2.27. The third kappa shape index (κ3) is 7.26. The lowest BCUT2D eigenvalue weighted by Gasteiger charge is -2.07. The summed E-state index contributed by atoms with van der Waals surface area (Å²) in [7, 11) is 0. The molecule has 0 amide bonds. The molecule has 2 N–H and O–H groups in total. The Balaban J connectivity index is 1.75. The van der Waals surface area contributed by atoms with Crippen molar-refractivity contribution in [3.05, 3.63) is 63.1 Å². The first-order valence-electron chi connectivity index (χ1n) is 7.87. The number of nitrogens with two attached hydrogens (primary N) is 1. The second kappa shape index (κ2) is 10.8. The quantitative estimate of drug-likeness (QED) is 0.284. The monoisotopic (exact) mass is 443 g/mol. The van der Waals surface area contributed by atoms with Crippen LogP contribution in [0.5, 0.6) is 5.75 Å². The van der Waals surface area contributed by atoms with Gasteiger partial charge in [-0.1, -0.05) is 57.2 Å². The molecule has 0 unspecified atom stereocenters. The zero-order valence-electron chi connectivity index (χ0n) is 14.7. The number of benzene rings is 2. The van der Waals surface area contributed by atoms with E-state index < -0.39 is 12.6 Å². The van der Waals surface area contributed by atoms with Crippen molar-refractivity contribution in [2.24, 2.45) is 16.0 Å². The average molecular weight is 445 g/mol. The van der Waals surface area contributed by atoms with Gasteiger partial charge in [0.15, 0.2) is 5.84 Å². The predicted molar refractivity (Wildman–Crippen MR) is 109 cm³/mol. The fourth-order valence-corrected chi connectivity index (χ4v) is 2.42. The first-order valence-corrected chi connectivity index (χ1v) is 9.01. The number of ether oxygens (including phenoxy) is 1. The van der Waals surface area contributed by atoms with Gasteiger partial charge in [-0.3, -0.25) is 0 Å². The Labute approximate surface area is 176 Å². The van der Waals surface area contributed by atoms with Crippen molar-refractivity contribution in [2.75, 3.05) is 13.2 Å². The highest BCUT2D eigenvalue weighted by Gasteiger charge is 2.07. The minimum Gasteiger partial charge on any atom is -0.484 e. The Hall–Kier alpha value is -2.48. The Morgan fingerprint density at radius 2 is 1.68 bits per heavy atom. The van der Waals surface area contributed by atoms with Crippen molar-refractivity contribution in [3.63, 3.8) is 0 Å². The van der Waals surface area contributed by atoms with Crippen LogP contribution in [0.3, 0.4) is 0 Å². The Morgan fingerprint density at radius 1 is 1.00 bits per heavy atom. The van der Waals surface area contributed by atoms with Gasteiger partial charge in [0.25, 0.3) is 0 Å². The molecule has 10 heteroatoms. The van der Waals surface area contributed by atoms with Gasteiger partial charge in [0, 0.05) is 10.0 Å². The van der Waals surface area contributed by atoms with Crippen molar-refractivity contribution in [3.8, 4) is 5.75 Å². The molecule has 0 spiro atoms. The fourth-order valence-electron chi connectivity index (χ4n) is 1.83. The Bertz CT molecular complexity index is 886. The molecule has 7 nitrogen and oxygen atoms in total. The van der Waals surface area contributed by atoms with Crippen molar-refractivity contribution in [2.45, 2.75) is 6.92 Å². The van der Waals surface area contributed by atoms with Crippen LogP contribution in [0.4, 0.5) is 0 Å². The van der Waals surface area contributed by atoms with Gasteiger partial charge in [-0.2, -0.15) is 0 Å². The summed E-state index contributed by atoms with van der Waals surface area (Å²) in [6.45, 7) is 1.15. The maximum atomic E-state index is 11.6. The lowest BCUT2D eigenvalue weighted by molar-refractivity contribution is -0.149. The van der Waals surface area contributed by atoms with E-state index in [4.69, 9.17) is 50.1 Å². The molecule has 0 radical (unpaired) electrons. The smallest absolute Gasteiger partial charge is 0.374 e. The van der Waals surface area contributed by atoms with Crippen LogP contribution < -0.4 is 10.5 Å². The van der Waals surface area contributed by atoms with Crippen molar-refractivity contribution in [1.82, 2.24) is 0 Å². The number of carbonyl (C=O) groups is 1. The molecule has 0 saturated carbocycles. The second-order valence-electron chi connectivity index (χ2n) is 5.37. The van der Waals surface area contributed by atoms with E-state index in [2.05, 4.69) is 15.1 Å². The molecule has 0 aliphatic carbocycles. The standard InChI is InChI=1S/C18H16Cl3N3O4/c1-11(12-2-4-13(19)5-3-12)23-27-10-18(25)28-24-17(22)9-26-16-7-6-14(20)8-15(16)21/h2-8H,9-10H2,1H3,(H2,22,24). The summed E-state index contributed by atoms with van der Waals surface area (Å²) >= 11 is 17.6. The van der Waals surface area contributed by atoms with E-state index in [0.717, 1.165) is 5.56 Å². The number of nitrogens with zero attached hydrogens (tertiary/aromatic N) is 2. The molecular formula is C18H16Cl3N3O4. The third-order valence-electron chi connectivity index (χ3n) is 3.18.